The quantitative estimate of drug-likeness (QED) is 0.352. The van der Waals surface area contributed by atoms with Crippen LogP contribution in [-0.4, -0.2) is 22.6 Å². The van der Waals surface area contributed by atoms with Crippen LogP contribution in [0.3, 0.4) is 0 Å². The minimum Gasteiger partial charge on any atom is -0.318 e. The van der Waals surface area contributed by atoms with E-state index in [9.17, 15) is 14.0 Å². The molecule has 1 heterocycles. The first-order valence-electron chi connectivity index (χ1n) is 8.70. The third-order valence-corrected chi connectivity index (χ3v) is 4.76. The van der Waals surface area contributed by atoms with Crippen LogP contribution < -0.4 is 10.7 Å². The first-order valence-corrected chi connectivity index (χ1v) is 9.49. The normalized spacial score (nSPS) is 10.9. The molecule has 0 atom stereocenters. The van der Waals surface area contributed by atoms with Crippen molar-refractivity contribution in [2.75, 3.05) is 5.32 Å². The molecule has 0 aliphatic rings. The molecule has 0 aliphatic heterocycles. The number of hydrogen-bond acceptors (Lipinski definition) is 3. The van der Waals surface area contributed by atoms with Crippen molar-refractivity contribution in [2.24, 2.45) is 5.10 Å². The third kappa shape index (κ3) is 4.97. The molecule has 8 heteroatoms. The molecular formula is C21H18BrFN4O2. The number of rotatable bonds is 4. The highest BCUT2D eigenvalue weighted by molar-refractivity contribution is 9.10. The number of hydrogen-bond donors (Lipinski definition) is 2. The molecule has 3 aromatic rings. The van der Waals surface area contributed by atoms with E-state index >= 15 is 0 Å². The number of halogens is 2. The molecular weight excluding hydrogens is 439 g/mol. The summed E-state index contributed by atoms with van der Waals surface area (Å²) in [5.41, 5.74) is 6.09. The first kappa shape index (κ1) is 20.5. The molecule has 29 heavy (non-hydrogen) atoms. The minimum atomic E-state index is -0.878. The number of nitrogens with one attached hydrogen (secondary N) is 2. The zero-order chi connectivity index (χ0) is 21.0. The van der Waals surface area contributed by atoms with Gasteiger partial charge < -0.3 is 9.88 Å². The van der Waals surface area contributed by atoms with Gasteiger partial charge in [-0.15, -0.1) is 0 Å². The predicted octanol–water partition coefficient (Wildman–Crippen LogP) is 4.08. The highest BCUT2D eigenvalue weighted by Crippen LogP contribution is 2.20. The Bertz CT molecular complexity index is 1070. The van der Waals surface area contributed by atoms with E-state index in [0.29, 0.717) is 5.69 Å². The Kier molecular flexibility index (Phi) is 6.23. The summed E-state index contributed by atoms with van der Waals surface area (Å²) in [5.74, 6) is -2.00. The number of anilines is 1. The second-order valence-electron chi connectivity index (χ2n) is 6.30. The van der Waals surface area contributed by atoms with Crippen molar-refractivity contribution in [1.82, 2.24) is 9.99 Å². The van der Waals surface area contributed by atoms with Gasteiger partial charge in [0, 0.05) is 32.8 Å². The second-order valence-corrected chi connectivity index (χ2v) is 7.21. The number of amides is 2. The molecule has 0 saturated heterocycles. The van der Waals surface area contributed by atoms with E-state index in [1.807, 2.05) is 24.5 Å². The predicted molar refractivity (Wildman–Crippen MR) is 114 cm³/mol. The smallest absolute Gasteiger partial charge is 0.318 e. The molecule has 0 bridgehead atoms. The van der Waals surface area contributed by atoms with Gasteiger partial charge in [0.15, 0.2) is 0 Å². The number of nitrogens with zero attached hydrogens (tertiary/aromatic N) is 2. The molecule has 2 amide bonds. The van der Waals surface area contributed by atoms with Crippen molar-refractivity contribution < 1.29 is 14.0 Å². The van der Waals surface area contributed by atoms with Gasteiger partial charge in [0.1, 0.15) is 5.82 Å². The molecule has 0 saturated carbocycles. The molecule has 0 radical (unpaired) electrons. The molecule has 1 aromatic heterocycles. The van der Waals surface area contributed by atoms with E-state index in [4.69, 9.17) is 0 Å². The van der Waals surface area contributed by atoms with Gasteiger partial charge in [0.05, 0.1) is 6.21 Å². The Morgan fingerprint density at radius 1 is 1.03 bits per heavy atom. The molecule has 148 valence electrons. The van der Waals surface area contributed by atoms with Crippen LogP contribution in [0.4, 0.5) is 10.1 Å². The van der Waals surface area contributed by atoms with Crippen LogP contribution in [0.15, 0.2) is 64.2 Å². The van der Waals surface area contributed by atoms with Gasteiger partial charge in [-0.2, -0.15) is 5.10 Å². The van der Waals surface area contributed by atoms with Crippen LogP contribution in [0.2, 0.25) is 0 Å². The van der Waals surface area contributed by atoms with Gasteiger partial charge in [-0.05, 0) is 68.4 Å². The van der Waals surface area contributed by atoms with Crippen molar-refractivity contribution in [3.63, 3.8) is 0 Å². The van der Waals surface area contributed by atoms with Gasteiger partial charge in [-0.25, -0.2) is 9.82 Å². The zero-order valence-corrected chi connectivity index (χ0v) is 17.3. The zero-order valence-electron chi connectivity index (χ0n) is 15.7. The maximum absolute atomic E-state index is 13.2. The van der Waals surface area contributed by atoms with E-state index in [1.165, 1.54) is 18.3 Å². The lowest BCUT2D eigenvalue weighted by Gasteiger charge is -2.09. The van der Waals surface area contributed by atoms with Gasteiger partial charge >= 0.3 is 11.8 Å². The minimum absolute atomic E-state index is 0.304. The Labute approximate surface area is 175 Å². The Balaban J connectivity index is 1.66. The largest absolute Gasteiger partial charge is 0.329 e. The summed E-state index contributed by atoms with van der Waals surface area (Å²) in [4.78, 5) is 23.9. The number of carbonyl (C=O) groups excluding carboxylic acids is 2. The van der Waals surface area contributed by atoms with Crippen LogP contribution in [-0.2, 0) is 9.59 Å². The molecule has 3 rings (SSSR count). The van der Waals surface area contributed by atoms with Gasteiger partial charge in [0.2, 0.25) is 0 Å². The fourth-order valence-corrected chi connectivity index (χ4v) is 3.10. The van der Waals surface area contributed by atoms with Gasteiger partial charge in [0.25, 0.3) is 0 Å². The summed E-state index contributed by atoms with van der Waals surface area (Å²) in [5, 5.41) is 6.36. The van der Waals surface area contributed by atoms with E-state index in [2.05, 4.69) is 31.8 Å². The SMILES string of the molecule is Cc1cc(/C=N\NC(=O)C(=O)Nc2ccc(Br)cc2)c(C)n1-c1ccc(F)cc1. The molecule has 2 aromatic carbocycles. The van der Waals surface area contributed by atoms with Gasteiger partial charge in [-0.1, -0.05) is 15.9 Å². The van der Waals surface area contributed by atoms with Crippen LogP contribution in [0.5, 0.6) is 0 Å². The molecule has 0 unspecified atom stereocenters. The maximum Gasteiger partial charge on any atom is 0.329 e. The lowest BCUT2D eigenvalue weighted by molar-refractivity contribution is -0.136. The standard InChI is InChI=1S/C21H18BrFN4O2/c1-13-11-15(14(2)27(13)19-9-5-17(23)6-10-19)12-24-26-21(29)20(28)25-18-7-3-16(22)4-8-18/h3-12H,1-2H3,(H,25,28)(H,26,29)/b24-12-. The van der Waals surface area contributed by atoms with Crippen molar-refractivity contribution in [3.8, 4) is 5.69 Å². The van der Waals surface area contributed by atoms with E-state index in [1.54, 1.807) is 36.4 Å². The number of aromatic nitrogens is 1. The third-order valence-electron chi connectivity index (χ3n) is 4.23. The average molecular weight is 457 g/mol. The number of aryl methyl sites for hydroxylation is 1. The summed E-state index contributed by atoms with van der Waals surface area (Å²) in [6.45, 7) is 3.80. The van der Waals surface area contributed by atoms with Crippen LogP contribution in [0.1, 0.15) is 17.0 Å². The lowest BCUT2D eigenvalue weighted by atomic mass is 10.2. The van der Waals surface area contributed by atoms with Crippen molar-refractivity contribution in [2.45, 2.75) is 13.8 Å². The fraction of sp³-hybridized carbons (Fsp3) is 0.0952. The van der Waals surface area contributed by atoms with Gasteiger partial charge in [-0.3, -0.25) is 9.59 Å². The van der Waals surface area contributed by atoms with Crippen LogP contribution >= 0.6 is 15.9 Å². The monoisotopic (exact) mass is 456 g/mol. The lowest BCUT2D eigenvalue weighted by Crippen LogP contribution is -2.32. The first-order chi connectivity index (χ1) is 13.8. The average Bonchev–Trinajstić information content (AvgIpc) is 2.97. The summed E-state index contributed by atoms with van der Waals surface area (Å²) in [7, 11) is 0. The molecule has 0 spiro atoms. The van der Waals surface area contributed by atoms with Crippen molar-refractivity contribution >= 4 is 39.6 Å². The highest BCUT2D eigenvalue weighted by Gasteiger charge is 2.13. The van der Waals surface area contributed by atoms with E-state index < -0.39 is 11.8 Å². The Hall–Kier alpha value is -3.26. The molecule has 6 nitrogen and oxygen atoms in total. The number of carbonyl (C=O) groups is 2. The molecule has 0 aliphatic carbocycles. The summed E-state index contributed by atoms with van der Waals surface area (Å²) >= 11 is 3.30. The Morgan fingerprint density at radius 2 is 1.69 bits per heavy atom. The highest BCUT2D eigenvalue weighted by atomic mass is 79.9. The number of benzene rings is 2. The summed E-state index contributed by atoms with van der Waals surface area (Å²) < 4.78 is 16.0. The van der Waals surface area contributed by atoms with E-state index in [-0.39, 0.29) is 5.82 Å². The van der Waals surface area contributed by atoms with Crippen molar-refractivity contribution in [3.05, 3.63) is 81.8 Å². The molecule has 0 fully saturated rings. The van der Waals surface area contributed by atoms with Crippen LogP contribution in [0.25, 0.3) is 5.69 Å². The fourth-order valence-electron chi connectivity index (χ4n) is 2.84. The number of hydrazone groups is 1. The Morgan fingerprint density at radius 3 is 2.34 bits per heavy atom. The van der Waals surface area contributed by atoms with E-state index in [0.717, 1.165) is 27.1 Å². The molecule has 2 N–H and O–H groups in total. The van der Waals surface area contributed by atoms with Crippen LogP contribution in [0, 0.1) is 19.7 Å². The summed E-state index contributed by atoms with van der Waals surface area (Å²) in [6, 6.07) is 14.9. The second kappa shape index (κ2) is 8.83. The maximum atomic E-state index is 13.2. The topological polar surface area (TPSA) is 75.5 Å². The summed E-state index contributed by atoms with van der Waals surface area (Å²) in [6.07, 6.45) is 1.47. The van der Waals surface area contributed by atoms with Crippen molar-refractivity contribution in [1.29, 1.82) is 0 Å².